The van der Waals surface area contributed by atoms with E-state index in [1.54, 1.807) is 24.4 Å². The van der Waals surface area contributed by atoms with E-state index in [2.05, 4.69) is 10.3 Å². The van der Waals surface area contributed by atoms with Crippen LogP contribution in [0, 0.1) is 5.92 Å². The number of carbonyl (C=O) groups excluding carboxylic acids is 1. The number of hydrogen-bond acceptors (Lipinski definition) is 5. The summed E-state index contributed by atoms with van der Waals surface area (Å²) in [6.07, 6.45) is 2.32. The van der Waals surface area contributed by atoms with Gasteiger partial charge in [-0.2, -0.15) is 0 Å². The largest absolute Gasteiger partial charge is 0.486 e. The minimum absolute atomic E-state index is 0.0244. The fourth-order valence-corrected chi connectivity index (χ4v) is 2.60. The Morgan fingerprint density at radius 2 is 2.08 bits per heavy atom. The van der Waals surface area contributed by atoms with Crippen molar-refractivity contribution in [3.05, 3.63) is 53.9 Å². The highest BCUT2D eigenvalue weighted by molar-refractivity contribution is 5.97. The van der Waals surface area contributed by atoms with Gasteiger partial charge in [-0.1, -0.05) is 12.1 Å². The van der Waals surface area contributed by atoms with E-state index in [0.717, 1.165) is 5.69 Å². The summed E-state index contributed by atoms with van der Waals surface area (Å²) >= 11 is 0. The van der Waals surface area contributed by atoms with Crippen molar-refractivity contribution < 1.29 is 19.4 Å². The van der Waals surface area contributed by atoms with Crippen molar-refractivity contribution in [2.45, 2.75) is 6.42 Å². The van der Waals surface area contributed by atoms with E-state index in [9.17, 15) is 9.90 Å². The zero-order valence-electron chi connectivity index (χ0n) is 13.3. The molecule has 2 N–H and O–H groups in total. The number of benzene rings is 1. The van der Waals surface area contributed by atoms with Crippen LogP contribution in [0.5, 0.6) is 11.5 Å². The van der Waals surface area contributed by atoms with Crippen molar-refractivity contribution >= 4 is 5.91 Å². The second kappa shape index (κ2) is 7.79. The highest BCUT2D eigenvalue weighted by Gasteiger charge is 2.21. The molecule has 0 saturated carbocycles. The molecule has 0 bridgehead atoms. The van der Waals surface area contributed by atoms with Crippen molar-refractivity contribution in [3.63, 3.8) is 0 Å². The van der Waals surface area contributed by atoms with Gasteiger partial charge in [0.2, 0.25) is 0 Å². The summed E-state index contributed by atoms with van der Waals surface area (Å²) in [5.41, 5.74) is 1.33. The van der Waals surface area contributed by atoms with Gasteiger partial charge in [0.05, 0.1) is 5.56 Å². The molecule has 2 aromatic rings. The zero-order chi connectivity index (χ0) is 16.8. The predicted octanol–water partition coefficient (Wildman–Crippen LogP) is 1.43. The van der Waals surface area contributed by atoms with Crippen molar-refractivity contribution in [3.8, 4) is 11.5 Å². The zero-order valence-corrected chi connectivity index (χ0v) is 13.3. The lowest BCUT2D eigenvalue weighted by Gasteiger charge is -2.21. The van der Waals surface area contributed by atoms with E-state index < -0.39 is 0 Å². The summed E-state index contributed by atoms with van der Waals surface area (Å²) in [5.74, 6) is 0.727. The smallest absolute Gasteiger partial charge is 0.255 e. The number of aliphatic hydroxyl groups excluding tert-OH is 1. The maximum atomic E-state index is 12.4. The lowest BCUT2D eigenvalue weighted by Crippen LogP contribution is -2.32. The van der Waals surface area contributed by atoms with Gasteiger partial charge in [-0.05, 0) is 30.7 Å². The second-order valence-electron chi connectivity index (χ2n) is 5.61. The minimum atomic E-state index is -0.239. The molecule has 1 aromatic heterocycles. The van der Waals surface area contributed by atoms with Gasteiger partial charge in [0.1, 0.15) is 13.2 Å². The number of ether oxygens (including phenoxy) is 2. The first kappa shape index (κ1) is 16.3. The number of aromatic nitrogens is 1. The Hall–Kier alpha value is -2.60. The Balaban J connectivity index is 1.62. The highest BCUT2D eigenvalue weighted by atomic mass is 16.6. The van der Waals surface area contributed by atoms with Gasteiger partial charge >= 0.3 is 0 Å². The summed E-state index contributed by atoms with van der Waals surface area (Å²) in [5, 5.41) is 12.4. The van der Waals surface area contributed by atoms with Crippen LogP contribution in [0.25, 0.3) is 0 Å². The Bertz CT molecular complexity index is 691. The molecule has 24 heavy (non-hydrogen) atoms. The third-order valence-electron chi connectivity index (χ3n) is 3.84. The Kier molecular flexibility index (Phi) is 5.28. The number of rotatable bonds is 6. The summed E-state index contributed by atoms with van der Waals surface area (Å²) in [7, 11) is 0. The molecule has 1 aromatic carbocycles. The van der Waals surface area contributed by atoms with Crippen molar-refractivity contribution in [1.29, 1.82) is 0 Å². The first-order valence-corrected chi connectivity index (χ1v) is 7.95. The number of amides is 1. The molecule has 0 fully saturated rings. The van der Waals surface area contributed by atoms with Crippen LogP contribution in [-0.4, -0.2) is 42.4 Å². The molecule has 0 radical (unpaired) electrons. The molecule has 6 heteroatoms. The number of aliphatic hydroxyl groups is 1. The Morgan fingerprint density at radius 3 is 2.88 bits per heavy atom. The van der Waals surface area contributed by atoms with Gasteiger partial charge in [-0.25, -0.2) is 0 Å². The molecule has 1 amide bonds. The molecule has 1 aliphatic rings. The molecule has 0 aliphatic carbocycles. The molecule has 0 unspecified atom stereocenters. The van der Waals surface area contributed by atoms with Crippen molar-refractivity contribution in [1.82, 2.24) is 10.3 Å². The summed E-state index contributed by atoms with van der Waals surface area (Å²) in [6.45, 7) is 1.24. The van der Waals surface area contributed by atoms with E-state index in [1.165, 1.54) is 0 Å². The third kappa shape index (κ3) is 3.83. The van der Waals surface area contributed by atoms with E-state index in [0.29, 0.717) is 43.2 Å². The monoisotopic (exact) mass is 328 g/mol. The molecule has 126 valence electrons. The molecule has 2 heterocycles. The molecule has 0 saturated heterocycles. The first-order chi connectivity index (χ1) is 11.8. The van der Waals surface area contributed by atoms with Gasteiger partial charge in [0, 0.05) is 31.0 Å². The molecule has 1 aliphatic heterocycles. The molecule has 0 spiro atoms. The van der Waals surface area contributed by atoms with Crippen molar-refractivity contribution in [2.75, 3.05) is 26.4 Å². The lowest BCUT2D eigenvalue weighted by atomic mass is 10.0. The lowest BCUT2D eigenvalue weighted by molar-refractivity contribution is 0.0929. The van der Waals surface area contributed by atoms with Crippen LogP contribution in [0.1, 0.15) is 16.1 Å². The molecule has 1 atom stereocenters. The minimum Gasteiger partial charge on any atom is -0.486 e. The fraction of sp³-hybridized carbons (Fsp3) is 0.333. The summed E-state index contributed by atoms with van der Waals surface area (Å²) in [6, 6.07) is 10.9. The number of nitrogens with zero attached hydrogens (tertiary/aromatic N) is 1. The van der Waals surface area contributed by atoms with Crippen LogP contribution in [0.4, 0.5) is 0 Å². The van der Waals surface area contributed by atoms with Gasteiger partial charge < -0.3 is 19.9 Å². The molecular formula is C18H20N2O4. The number of fused-ring (bicyclic) bond motifs is 1. The van der Waals surface area contributed by atoms with E-state index in [4.69, 9.17) is 9.47 Å². The average Bonchev–Trinajstić information content (AvgIpc) is 2.65. The SMILES string of the molecule is O=C(NC[C@@H](CO)Cc1ccccn1)c1cccc2c1OCCO2. The maximum Gasteiger partial charge on any atom is 0.255 e. The van der Waals surface area contributed by atoms with Gasteiger partial charge in [-0.15, -0.1) is 0 Å². The van der Waals surface area contributed by atoms with Crippen LogP contribution in [0.15, 0.2) is 42.6 Å². The van der Waals surface area contributed by atoms with Gasteiger partial charge in [0.25, 0.3) is 5.91 Å². The number of pyridine rings is 1. The topological polar surface area (TPSA) is 80.7 Å². The highest BCUT2D eigenvalue weighted by Crippen LogP contribution is 2.33. The van der Waals surface area contributed by atoms with Crippen LogP contribution >= 0.6 is 0 Å². The average molecular weight is 328 g/mol. The second-order valence-corrected chi connectivity index (χ2v) is 5.61. The van der Waals surface area contributed by atoms with E-state index in [1.807, 2.05) is 18.2 Å². The number of para-hydroxylation sites is 1. The Morgan fingerprint density at radius 1 is 1.21 bits per heavy atom. The van der Waals surface area contributed by atoms with Crippen LogP contribution < -0.4 is 14.8 Å². The quantitative estimate of drug-likeness (QED) is 0.838. The number of carbonyl (C=O) groups is 1. The number of hydrogen-bond donors (Lipinski definition) is 2. The maximum absolute atomic E-state index is 12.4. The fourth-order valence-electron chi connectivity index (χ4n) is 2.60. The molecule has 6 nitrogen and oxygen atoms in total. The van der Waals surface area contributed by atoms with Gasteiger partial charge in [-0.3, -0.25) is 9.78 Å². The third-order valence-corrected chi connectivity index (χ3v) is 3.84. The van der Waals surface area contributed by atoms with Crippen LogP contribution in [-0.2, 0) is 6.42 Å². The van der Waals surface area contributed by atoms with Crippen LogP contribution in [0.3, 0.4) is 0 Å². The van der Waals surface area contributed by atoms with E-state index in [-0.39, 0.29) is 18.4 Å². The van der Waals surface area contributed by atoms with Gasteiger partial charge in [0.15, 0.2) is 11.5 Å². The van der Waals surface area contributed by atoms with Crippen molar-refractivity contribution in [2.24, 2.45) is 5.92 Å². The first-order valence-electron chi connectivity index (χ1n) is 7.95. The number of nitrogens with one attached hydrogen (secondary N) is 1. The summed E-state index contributed by atoms with van der Waals surface area (Å²) < 4.78 is 11.0. The molecule has 3 rings (SSSR count). The molecular weight excluding hydrogens is 308 g/mol. The predicted molar refractivity (Wildman–Crippen MR) is 88.3 cm³/mol. The Labute approximate surface area is 140 Å². The standard InChI is InChI=1S/C18H20N2O4/c21-12-13(10-14-4-1-2-7-19-14)11-20-18(22)15-5-3-6-16-17(15)24-9-8-23-16/h1-7,13,21H,8-12H2,(H,20,22)/t13-/m0/s1. The normalized spacial score (nSPS) is 14.0. The van der Waals surface area contributed by atoms with Crippen LogP contribution in [0.2, 0.25) is 0 Å². The van der Waals surface area contributed by atoms with E-state index >= 15 is 0 Å². The summed E-state index contributed by atoms with van der Waals surface area (Å²) in [4.78, 5) is 16.7.